The van der Waals surface area contributed by atoms with Crippen molar-refractivity contribution < 1.29 is 28.2 Å². The molecule has 1 aromatic heterocycles. The minimum absolute atomic E-state index is 0.00131. The van der Waals surface area contributed by atoms with Gasteiger partial charge in [-0.2, -0.15) is 0 Å². The largest absolute Gasteiger partial charge is 0.492 e. The smallest absolute Gasteiger partial charge is 0.329 e. The Morgan fingerprint density at radius 1 is 1.05 bits per heavy atom. The van der Waals surface area contributed by atoms with Crippen LogP contribution >= 0.6 is 11.6 Å². The maximum atomic E-state index is 14.4. The Morgan fingerprint density at radius 2 is 1.76 bits per heavy atom. The highest BCUT2D eigenvalue weighted by Gasteiger charge is 2.41. The van der Waals surface area contributed by atoms with Crippen LogP contribution in [0.2, 0.25) is 5.02 Å². The minimum Gasteiger partial charge on any atom is -0.492 e. The van der Waals surface area contributed by atoms with Crippen LogP contribution < -0.4 is 10.1 Å². The van der Waals surface area contributed by atoms with Crippen LogP contribution in [0.1, 0.15) is 54.6 Å². The second kappa shape index (κ2) is 13.0. The van der Waals surface area contributed by atoms with Gasteiger partial charge in [-0.25, -0.2) is 18.6 Å². The molecule has 2 aromatic carbocycles. The summed E-state index contributed by atoms with van der Waals surface area (Å²) in [5.41, 5.74) is 0.829. The Labute approximate surface area is 243 Å². The third kappa shape index (κ3) is 7.02. The summed E-state index contributed by atoms with van der Waals surface area (Å²) in [5, 5.41) is 13.0. The number of pyridine rings is 1. The highest BCUT2D eigenvalue weighted by molar-refractivity contribution is 6.32. The first kappa shape index (κ1) is 30.4. The quantitative estimate of drug-likeness (QED) is 0.264. The first-order chi connectivity index (χ1) is 19.5. The molecule has 4 rings (SSSR count). The predicted molar refractivity (Wildman–Crippen MR) is 154 cm³/mol. The van der Waals surface area contributed by atoms with Gasteiger partial charge >= 0.3 is 5.97 Å². The van der Waals surface area contributed by atoms with Crippen molar-refractivity contribution in [1.29, 1.82) is 0 Å². The molecule has 0 radical (unpaired) electrons. The average molecular weight is 586 g/mol. The van der Waals surface area contributed by atoms with Gasteiger partial charge < -0.3 is 20.1 Å². The molecular formula is C31H34ClF2N3O4. The summed E-state index contributed by atoms with van der Waals surface area (Å²) in [6.07, 6.45) is 3.73. The van der Waals surface area contributed by atoms with E-state index in [1.54, 1.807) is 31.2 Å². The van der Waals surface area contributed by atoms with E-state index in [4.69, 9.17) is 16.3 Å². The van der Waals surface area contributed by atoms with Gasteiger partial charge in [0.2, 0.25) is 0 Å². The van der Waals surface area contributed by atoms with Gasteiger partial charge in [0.05, 0.1) is 17.3 Å². The number of aromatic nitrogens is 1. The SMILES string of the molecule is Cc1cc(F)c(F)cc1-c1ccc(C(=O)NC2(C(=O)O)CCCCC2)nc1-c1ccc(Cl)c(OCCCN(C)C)c1. The number of carbonyl (C=O) groups is 2. The molecule has 0 aliphatic heterocycles. The number of carboxylic acids is 1. The topological polar surface area (TPSA) is 91.8 Å². The number of halogens is 3. The Balaban J connectivity index is 1.77. The molecule has 0 atom stereocenters. The van der Waals surface area contributed by atoms with Crippen molar-refractivity contribution in [2.45, 2.75) is 51.0 Å². The van der Waals surface area contributed by atoms with E-state index in [9.17, 15) is 23.5 Å². The van der Waals surface area contributed by atoms with Crippen LogP contribution in [0.15, 0.2) is 42.5 Å². The van der Waals surface area contributed by atoms with Crippen molar-refractivity contribution in [3.8, 4) is 28.1 Å². The van der Waals surface area contributed by atoms with Gasteiger partial charge in [-0.15, -0.1) is 0 Å². The molecule has 1 saturated carbocycles. The van der Waals surface area contributed by atoms with Crippen molar-refractivity contribution in [3.05, 3.63) is 70.4 Å². The maximum Gasteiger partial charge on any atom is 0.329 e. The highest BCUT2D eigenvalue weighted by atomic mass is 35.5. The normalized spacial score (nSPS) is 14.6. The van der Waals surface area contributed by atoms with E-state index in [1.807, 2.05) is 19.0 Å². The Hall–Kier alpha value is -3.56. The van der Waals surface area contributed by atoms with Gasteiger partial charge in [-0.1, -0.05) is 36.9 Å². The molecule has 1 fully saturated rings. The number of carboxylic acid groups (broad SMARTS) is 1. The molecule has 1 heterocycles. The van der Waals surface area contributed by atoms with Gasteiger partial charge in [0.1, 0.15) is 17.0 Å². The second-order valence-electron chi connectivity index (χ2n) is 10.7. The number of amides is 1. The molecule has 3 aromatic rings. The summed E-state index contributed by atoms with van der Waals surface area (Å²) in [6.45, 7) is 2.90. The first-order valence-corrected chi connectivity index (χ1v) is 14.0. The molecule has 1 amide bonds. The van der Waals surface area contributed by atoms with E-state index in [-0.39, 0.29) is 5.69 Å². The molecule has 1 aliphatic carbocycles. The van der Waals surface area contributed by atoms with Crippen LogP contribution in [0.4, 0.5) is 8.78 Å². The van der Waals surface area contributed by atoms with Crippen LogP contribution in [0, 0.1) is 18.6 Å². The average Bonchev–Trinajstić information content (AvgIpc) is 2.94. The molecule has 1 aliphatic rings. The van der Waals surface area contributed by atoms with Gasteiger partial charge in [0.15, 0.2) is 11.6 Å². The second-order valence-corrected chi connectivity index (χ2v) is 11.1. The Bertz CT molecular complexity index is 1440. The van der Waals surface area contributed by atoms with Crippen LogP contribution in [-0.2, 0) is 4.79 Å². The number of nitrogens with one attached hydrogen (secondary N) is 1. The lowest BCUT2D eigenvalue weighted by molar-refractivity contribution is -0.145. The summed E-state index contributed by atoms with van der Waals surface area (Å²) in [7, 11) is 3.94. The third-order valence-electron chi connectivity index (χ3n) is 7.37. The van der Waals surface area contributed by atoms with Crippen molar-refractivity contribution in [3.63, 3.8) is 0 Å². The van der Waals surface area contributed by atoms with Crippen LogP contribution in [0.25, 0.3) is 22.4 Å². The highest BCUT2D eigenvalue weighted by Crippen LogP contribution is 2.37. The van der Waals surface area contributed by atoms with E-state index in [2.05, 4.69) is 10.3 Å². The number of hydrogen-bond donors (Lipinski definition) is 2. The number of ether oxygens (including phenoxy) is 1. The van der Waals surface area contributed by atoms with Crippen LogP contribution in [-0.4, -0.2) is 59.7 Å². The number of nitrogens with zero attached hydrogens (tertiary/aromatic N) is 2. The number of rotatable bonds is 10. The zero-order valence-electron chi connectivity index (χ0n) is 23.4. The zero-order chi connectivity index (χ0) is 29.7. The number of hydrogen-bond acceptors (Lipinski definition) is 5. The molecule has 0 spiro atoms. The molecule has 0 bridgehead atoms. The molecule has 218 valence electrons. The monoisotopic (exact) mass is 585 g/mol. The van der Waals surface area contributed by atoms with Crippen molar-refractivity contribution in [2.75, 3.05) is 27.2 Å². The summed E-state index contributed by atoms with van der Waals surface area (Å²) >= 11 is 6.41. The Morgan fingerprint density at radius 3 is 2.44 bits per heavy atom. The molecular weight excluding hydrogens is 552 g/mol. The maximum absolute atomic E-state index is 14.4. The van der Waals surface area contributed by atoms with Gasteiger partial charge in [-0.3, -0.25) is 4.79 Å². The van der Waals surface area contributed by atoms with Crippen LogP contribution in [0.5, 0.6) is 5.75 Å². The molecule has 0 unspecified atom stereocenters. The fraction of sp³-hybridized carbons (Fsp3) is 0.387. The minimum atomic E-state index is -1.36. The predicted octanol–water partition coefficient (Wildman–Crippen LogP) is 6.50. The number of benzene rings is 2. The number of aryl methyl sites for hydroxylation is 1. The summed E-state index contributed by atoms with van der Waals surface area (Å²) in [4.78, 5) is 32.2. The van der Waals surface area contributed by atoms with Gasteiger partial charge in [-0.05, 0) is 87.8 Å². The molecule has 41 heavy (non-hydrogen) atoms. The van der Waals surface area contributed by atoms with Crippen molar-refractivity contribution in [1.82, 2.24) is 15.2 Å². The van der Waals surface area contributed by atoms with E-state index in [0.29, 0.717) is 71.0 Å². The fourth-order valence-electron chi connectivity index (χ4n) is 5.11. The van der Waals surface area contributed by atoms with Crippen molar-refractivity contribution in [2.24, 2.45) is 0 Å². The summed E-state index contributed by atoms with van der Waals surface area (Å²) in [5.74, 6) is -3.27. The molecule has 2 N–H and O–H groups in total. The third-order valence-corrected chi connectivity index (χ3v) is 7.68. The number of aliphatic carboxylic acids is 1. The molecule has 7 nitrogen and oxygen atoms in total. The fourth-order valence-corrected chi connectivity index (χ4v) is 5.28. The first-order valence-electron chi connectivity index (χ1n) is 13.6. The van der Waals surface area contributed by atoms with E-state index < -0.39 is 29.0 Å². The Kier molecular flexibility index (Phi) is 9.60. The van der Waals surface area contributed by atoms with E-state index >= 15 is 0 Å². The van der Waals surface area contributed by atoms with Crippen LogP contribution in [0.3, 0.4) is 0 Å². The standard InChI is InChI=1S/C31H34ClF2N3O4/c1-19-16-24(33)25(34)18-22(19)21-9-11-26(29(38)36-31(30(39)40)12-5-4-6-13-31)35-28(21)20-8-10-23(32)27(17-20)41-15-7-14-37(2)3/h8-11,16-18H,4-7,12-15H2,1-3H3,(H,36,38)(H,39,40). The molecule has 10 heteroatoms. The molecule has 0 saturated heterocycles. The van der Waals surface area contributed by atoms with E-state index in [1.165, 1.54) is 6.07 Å². The van der Waals surface area contributed by atoms with E-state index in [0.717, 1.165) is 31.5 Å². The van der Waals surface area contributed by atoms with Gasteiger partial charge in [0, 0.05) is 17.7 Å². The lowest BCUT2D eigenvalue weighted by Crippen LogP contribution is -2.55. The summed E-state index contributed by atoms with van der Waals surface area (Å²) < 4.78 is 34.2. The summed E-state index contributed by atoms with van der Waals surface area (Å²) in [6, 6.07) is 10.3. The zero-order valence-corrected chi connectivity index (χ0v) is 24.2. The number of carbonyl (C=O) groups excluding carboxylic acids is 1. The lowest BCUT2D eigenvalue weighted by atomic mass is 9.81. The van der Waals surface area contributed by atoms with Crippen molar-refractivity contribution >= 4 is 23.5 Å². The van der Waals surface area contributed by atoms with Gasteiger partial charge in [0.25, 0.3) is 5.91 Å². The lowest BCUT2D eigenvalue weighted by Gasteiger charge is -2.33.